The van der Waals surface area contributed by atoms with Crippen LogP contribution in [0.2, 0.25) is 0 Å². The summed E-state index contributed by atoms with van der Waals surface area (Å²) in [5.41, 5.74) is 7.99. The fourth-order valence-corrected chi connectivity index (χ4v) is 2.85. The van der Waals surface area contributed by atoms with Crippen LogP contribution in [0.1, 0.15) is 41.6 Å². The van der Waals surface area contributed by atoms with Gasteiger partial charge in [0, 0.05) is 30.3 Å². The van der Waals surface area contributed by atoms with E-state index < -0.39 is 0 Å². The summed E-state index contributed by atoms with van der Waals surface area (Å²) in [4.78, 5) is 24.1. The molecule has 0 spiro atoms. The minimum Gasteiger partial charge on any atom is -0.355 e. The first kappa shape index (κ1) is 15.5. The summed E-state index contributed by atoms with van der Waals surface area (Å²) in [7, 11) is 1.59. The number of carbonyl (C=O) groups excluding carboxylic acids is 2. The van der Waals surface area contributed by atoms with Crippen molar-refractivity contribution in [3.05, 3.63) is 29.3 Å². The van der Waals surface area contributed by atoms with E-state index in [1.54, 1.807) is 19.2 Å². The van der Waals surface area contributed by atoms with E-state index in [0.29, 0.717) is 11.3 Å². The van der Waals surface area contributed by atoms with Gasteiger partial charge in [0.1, 0.15) is 0 Å². The smallest absolute Gasteiger partial charge is 0.251 e. The fraction of sp³-hybridized carbons (Fsp3) is 0.500. The number of hydrogen-bond donors (Lipinski definition) is 3. The second kappa shape index (κ2) is 6.72. The fourth-order valence-electron chi connectivity index (χ4n) is 2.85. The average Bonchev–Trinajstić information content (AvgIpc) is 2.48. The van der Waals surface area contributed by atoms with Crippen molar-refractivity contribution < 1.29 is 9.59 Å². The Bertz CT molecular complexity index is 542. The molecule has 0 heterocycles. The van der Waals surface area contributed by atoms with Crippen LogP contribution in [0.15, 0.2) is 18.2 Å². The van der Waals surface area contributed by atoms with Crippen molar-refractivity contribution in [2.45, 2.75) is 38.6 Å². The first-order valence-corrected chi connectivity index (χ1v) is 7.41. The van der Waals surface area contributed by atoms with Gasteiger partial charge in [-0.2, -0.15) is 0 Å². The molecule has 1 fully saturated rings. The molecule has 5 heteroatoms. The lowest BCUT2D eigenvalue weighted by Gasteiger charge is -2.26. The lowest BCUT2D eigenvalue weighted by molar-refractivity contribution is -0.120. The van der Waals surface area contributed by atoms with E-state index in [-0.39, 0.29) is 23.8 Å². The summed E-state index contributed by atoms with van der Waals surface area (Å²) in [5, 5.41) is 5.55. The van der Waals surface area contributed by atoms with Gasteiger partial charge in [0.05, 0.1) is 0 Å². The Morgan fingerprint density at radius 2 is 2.05 bits per heavy atom. The van der Waals surface area contributed by atoms with Crippen LogP contribution in [-0.2, 0) is 4.79 Å². The van der Waals surface area contributed by atoms with Gasteiger partial charge in [0.2, 0.25) is 5.91 Å². The number of rotatable bonds is 3. The van der Waals surface area contributed by atoms with Crippen LogP contribution in [-0.4, -0.2) is 24.9 Å². The highest BCUT2D eigenvalue weighted by molar-refractivity contribution is 5.99. The first-order valence-electron chi connectivity index (χ1n) is 7.41. The highest BCUT2D eigenvalue weighted by Gasteiger charge is 2.25. The van der Waals surface area contributed by atoms with Crippen LogP contribution >= 0.6 is 0 Å². The molecule has 2 unspecified atom stereocenters. The normalized spacial score (nSPS) is 21.7. The van der Waals surface area contributed by atoms with Crippen molar-refractivity contribution in [2.75, 3.05) is 12.4 Å². The van der Waals surface area contributed by atoms with E-state index in [0.717, 1.165) is 31.2 Å². The molecule has 21 heavy (non-hydrogen) atoms. The maximum atomic E-state index is 12.3. The Morgan fingerprint density at radius 3 is 2.71 bits per heavy atom. The van der Waals surface area contributed by atoms with Gasteiger partial charge in [-0.05, 0) is 43.9 Å². The zero-order valence-corrected chi connectivity index (χ0v) is 12.6. The quantitative estimate of drug-likeness (QED) is 0.793. The number of carbonyl (C=O) groups is 2. The largest absolute Gasteiger partial charge is 0.355 e. The minimum absolute atomic E-state index is 0.00214. The van der Waals surface area contributed by atoms with Gasteiger partial charge in [-0.1, -0.05) is 12.5 Å². The van der Waals surface area contributed by atoms with Crippen LogP contribution in [0.4, 0.5) is 5.69 Å². The van der Waals surface area contributed by atoms with Crippen molar-refractivity contribution in [1.82, 2.24) is 5.32 Å². The summed E-state index contributed by atoms with van der Waals surface area (Å²) >= 11 is 0. The van der Waals surface area contributed by atoms with Crippen LogP contribution < -0.4 is 16.4 Å². The molecule has 4 N–H and O–H groups in total. The Labute approximate surface area is 125 Å². The standard InChI is InChI=1S/C16H23N3O2/c1-10-13(16(21)18-2)7-4-8-14(10)19-15(20)11-5-3-6-12(17)9-11/h4,7-8,11-12H,3,5-6,9,17H2,1-2H3,(H,18,21)(H,19,20). The predicted octanol–water partition coefficient (Wildman–Crippen LogP) is 1.81. The monoisotopic (exact) mass is 289 g/mol. The average molecular weight is 289 g/mol. The summed E-state index contributed by atoms with van der Waals surface area (Å²) < 4.78 is 0. The Kier molecular flexibility index (Phi) is 4.96. The van der Waals surface area contributed by atoms with E-state index in [2.05, 4.69) is 10.6 Å². The molecule has 0 radical (unpaired) electrons. The summed E-state index contributed by atoms with van der Waals surface area (Å²) in [6, 6.07) is 5.47. The van der Waals surface area contributed by atoms with E-state index in [9.17, 15) is 9.59 Å². The van der Waals surface area contributed by atoms with Crippen molar-refractivity contribution in [3.63, 3.8) is 0 Å². The zero-order valence-electron chi connectivity index (χ0n) is 12.6. The first-order chi connectivity index (χ1) is 10.0. The molecule has 1 aromatic carbocycles. The highest BCUT2D eigenvalue weighted by Crippen LogP contribution is 2.26. The molecule has 5 nitrogen and oxygen atoms in total. The number of nitrogens with two attached hydrogens (primary N) is 1. The van der Waals surface area contributed by atoms with Gasteiger partial charge in [0.15, 0.2) is 0 Å². The highest BCUT2D eigenvalue weighted by atomic mass is 16.2. The summed E-state index contributed by atoms with van der Waals surface area (Å²) in [5.74, 6) is -0.178. The Morgan fingerprint density at radius 1 is 1.29 bits per heavy atom. The lowest BCUT2D eigenvalue weighted by Crippen LogP contribution is -2.34. The summed E-state index contributed by atoms with van der Waals surface area (Å²) in [6.45, 7) is 1.84. The van der Waals surface area contributed by atoms with Gasteiger partial charge < -0.3 is 16.4 Å². The van der Waals surface area contributed by atoms with E-state index in [4.69, 9.17) is 5.73 Å². The third-order valence-corrected chi connectivity index (χ3v) is 4.15. The van der Waals surface area contributed by atoms with Crippen molar-refractivity contribution >= 4 is 17.5 Å². The topological polar surface area (TPSA) is 84.2 Å². The maximum absolute atomic E-state index is 12.3. The number of anilines is 1. The van der Waals surface area contributed by atoms with E-state index >= 15 is 0 Å². The van der Waals surface area contributed by atoms with Crippen molar-refractivity contribution in [3.8, 4) is 0 Å². The van der Waals surface area contributed by atoms with Crippen LogP contribution in [0.25, 0.3) is 0 Å². The Balaban J connectivity index is 2.12. The van der Waals surface area contributed by atoms with E-state index in [1.165, 1.54) is 0 Å². The molecule has 2 atom stereocenters. The SMILES string of the molecule is CNC(=O)c1cccc(NC(=O)C2CCCC(N)C2)c1C. The maximum Gasteiger partial charge on any atom is 0.251 e. The van der Waals surface area contributed by atoms with Crippen molar-refractivity contribution in [2.24, 2.45) is 11.7 Å². The molecule has 0 saturated heterocycles. The number of amides is 2. The van der Waals surface area contributed by atoms with Gasteiger partial charge >= 0.3 is 0 Å². The molecule has 0 aliphatic heterocycles. The second-order valence-electron chi connectivity index (χ2n) is 5.67. The number of hydrogen-bond acceptors (Lipinski definition) is 3. The molecule has 1 saturated carbocycles. The molecule has 2 amide bonds. The third-order valence-electron chi connectivity index (χ3n) is 4.15. The Hall–Kier alpha value is -1.88. The van der Waals surface area contributed by atoms with Gasteiger partial charge in [0.25, 0.3) is 5.91 Å². The third kappa shape index (κ3) is 3.61. The molecule has 0 bridgehead atoms. The number of benzene rings is 1. The van der Waals surface area contributed by atoms with E-state index in [1.807, 2.05) is 13.0 Å². The van der Waals surface area contributed by atoms with Crippen LogP contribution in [0.3, 0.4) is 0 Å². The molecule has 1 aliphatic carbocycles. The molecular weight excluding hydrogens is 266 g/mol. The van der Waals surface area contributed by atoms with Gasteiger partial charge in [-0.3, -0.25) is 9.59 Å². The minimum atomic E-state index is -0.150. The number of nitrogens with one attached hydrogen (secondary N) is 2. The van der Waals surface area contributed by atoms with Crippen molar-refractivity contribution in [1.29, 1.82) is 0 Å². The van der Waals surface area contributed by atoms with Crippen LogP contribution in [0, 0.1) is 12.8 Å². The molecule has 1 aliphatic rings. The zero-order chi connectivity index (χ0) is 15.4. The lowest BCUT2D eigenvalue weighted by atomic mass is 9.85. The molecule has 2 rings (SSSR count). The second-order valence-corrected chi connectivity index (χ2v) is 5.67. The predicted molar refractivity (Wildman–Crippen MR) is 83.1 cm³/mol. The van der Waals surface area contributed by atoms with Gasteiger partial charge in [-0.25, -0.2) is 0 Å². The van der Waals surface area contributed by atoms with Crippen LogP contribution in [0.5, 0.6) is 0 Å². The van der Waals surface area contributed by atoms with Gasteiger partial charge in [-0.15, -0.1) is 0 Å². The molecule has 114 valence electrons. The summed E-state index contributed by atoms with van der Waals surface area (Å²) in [6.07, 6.45) is 3.61. The molecule has 0 aromatic heterocycles. The molecular formula is C16H23N3O2. The molecule has 1 aromatic rings.